The largest absolute Gasteiger partial charge is 0.465 e. The third kappa shape index (κ3) is 2.64. The van der Waals surface area contributed by atoms with Crippen molar-refractivity contribution in [3.63, 3.8) is 0 Å². The zero-order valence-electron chi connectivity index (χ0n) is 13.9. The van der Waals surface area contributed by atoms with Gasteiger partial charge in [-0.25, -0.2) is 17.2 Å². The lowest BCUT2D eigenvalue weighted by atomic mass is 10.2. The molecule has 0 bridgehead atoms. The third-order valence-electron chi connectivity index (χ3n) is 3.97. The zero-order valence-corrected chi connectivity index (χ0v) is 14.7. The molecule has 0 spiro atoms. The Balaban J connectivity index is 2.35. The van der Waals surface area contributed by atoms with Crippen molar-refractivity contribution in [2.24, 2.45) is 7.05 Å². The fourth-order valence-corrected chi connectivity index (χ4v) is 3.97. The van der Waals surface area contributed by atoms with E-state index in [0.717, 1.165) is 14.1 Å². The predicted molar refractivity (Wildman–Crippen MR) is 92.3 cm³/mol. The smallest absolute Gasteiger partial charge is 0.340 e. The molecular formula is C17H16N2O5S. The van der Waals surface area contributed by atoms with Crippen LogP contribution in [-0.2, 0) is 21.8 Å². The quantitative estimate of drug-likeness (QED) is 0.663. The topological polar surface area (TPSA) is 87.4 Å². The summed E-state index contributed by atoms with van der Waals surface area (Å²) >= 11 is 0. The number of carbonyl (C=O) groups excluding carboxylic acids is 1. The van der Waals surface area contributed by atoms with Crippen molar-refractivity contribution in [2.45, 2.75) is 11.8 Å². The Kier molecular flexibility index (Phi) is 4.00. The van der Waals surface area contributed by atoms with Gasteiger partial charge in [0.2, 0.25) is 0 Å². The summed E-state index contributed by atoms with van der Waals surface area (Å²) in [6.45, 7) is 1.85. The molecule has 7 nitrogen and oxygen atoms in total. The second kappa shape index (κ2) is 5.89. The maximum Gasteiger partial charge on any atom is 0.340 e. The Labute approximate surface area is 144 Å². The Hall–Kier alpha value is -2.87. The van der Waals surface area contributed by atoms with Crippen LogP contribution in [0.5, 0.6) is 0 Å². The second-order valence-corrected chi connectivity index (χ2v) is 7.46. The third-order valence-corrected chi connectivity index (χ3v) is 5.66. The lowest BCUT2D eigenvalue weighted by molar-refractivity contribution is 0.0602. The number of aryl methyl sites for hydroxylation is 2. The monoisotopic (exact) mass is 360 g/mol. The van der Waals surface area contributed by atoms with E-state index in [1.807, 2.05) is 6.92 Å². The van der Waals surface area contributed by atoms with E-state index >= 15 is 0 Å². The molecule has 0 saturated carbocycles. The number of nitrogens with zero attached hydrogens (tertiary/aromatic N) is 2. The SMILES string of the molecule is COC(=O)c1cn(C)c(=O)c2c1ccn2S(=O)(=O)c1ccc(C)cc1. The van der Waals surface area contributed by atoms with E-state index in [4.69, 9.17) is 4.74 Å². The van der Waals surface area contributed by atoms with Crippen LogP contribution < -0.4 is 5.56 Å². The molecule has 0 aliphatic carbocycles. The van der Waals surface area contributed by atoms with Crippen LogP contribution in [0, 0.1) is 6.92 Å². The maximum atomic E-state index is 12.9. The van der Waals surface area contributed by atoms with Crippen molar-refractivity contribution in [1.82, 2.24) is 8.54 Å². The van der Waals surface area contributed by atoms with Crippen LogP contribution in [0.4, 0.5) is 0 Å². The number of rotatable bonds is 3. The highest BCUT2D eigenvalue weighted by Gasteiger charge is 2.24. The Bertz CT molecular complexity index is 1140. The van der Waals surface area contributed by atoms with Crippen LogP contribution in [0.15, 0.2) is 52.4 Å². The van der Waals surface area contributed by atoms with E-state index in [1.165, 1.54) is 44.8 Å². The molecule has 3 aromatic rings. The second-order valence-electron chi connectivity index (χ2n) is 5.64. The molecule has 0 N–H and O–H groups in total. The highest BCUT2D eigenvalue weighted by atomic mass is 32.2. The molecule has 0 fully saturated rings. The molecule has 0 aliphatic rings. The van der Waals surface area contributed by atoms with Gasteiger partial charge in [-0.05, 0) is 25.1 Å². The van der Waals surface area contributed by atoms with E-state index < -0.39 is 21.6 Å². The van der Waals surface area contributed by atoms with Gasteiger partial charge in [-0.2, -0.15) is 0 Å². The first kappa shape index (κ1) is 17.0. The van der Waals surface area contributed by atoms with Gasteiger partial charge in [0, 0.05) is 24.8 Å². The summed E-state index contributed by atoms with van der Waals surface area (Å²) in [6.07, 6.45) is 2.60. The van der Waals surface area contributed by atoms with Gasteiger partial charge in [-0.15, -0.1) is 0 Å². The van der Waals surface area contributed by atoms with Crippen LogP contribution >= 0.6 is 0 Å². The number of esters is 1. The highest BCUT2D eigenvalue weighted by molar-refractivity contribution is 7.90. The minimum Gasteiger partial charge on any atom is -0.465 e. The summed E-state index contributed by atoms with van der Waals surface area (Å²) in [6, 6.07) is 7.73. The van der Waals surface area contributed by atoms with Crippen LogP contribution in [-0.4, -0.2) is 30.0 Å². The van der Waals surface area contributed by atoms with E-state index in [2.05, 4.69) is 0 Å². The minimum atomic E-state index is -3.98. The first-order valence-corrected chi connectivity index (χ1v) is 8.82. The predicted octanol–water partition coefficient (Wildman–Crippen LogP) is 1.67. The molecule has 8 heteroatoms. The average molecular weight is 360 g/mol. The van der Waals surface area contributed by atoms with Gasteiger partial charge in [0.1, 0.15) is 5.52 Å². The fraction of sp³-hybridized carbons (Fsp3) is 0.176. The Morgan fingerprint density at radius 1 is 1.12 bits per heavy atom. The van der Waals surface area contributed by atoms with Gasteiger partial charge in [-0.3, -0.25) is 4.79 Å². The number of carbonyl (C=O) groups is 1. The summed E-state index contributed by atoms with van der Waals surface area (Å²) in [4.78, 5) is 24.5. The van der Waals surface area contributed by atoms with E-state index in [9.17, 15) is 18.0 Å². The van der Waals surface area contributed by atoms with E-state index in [-0.39, 0.29) is 21.4 Å². The van der Waals surface area contributed by atoms with Crippen molar-refractivity contribution in [2.75, 3.05) is 7.11 Å². The maximum absolute atomic E-state index is 12.9. The molecule has 0 saturated heterocycles. The van der Waals surface area contributed by atoms with E-state index in [0.29, 0.717) is 0 Å². The normalized spacial score (nSPS) is 11.6. The Morgan fingerprint density at radius 3 is 2.36 bits per heavy atom. The van der Waals surface area contributed by atoms with Crippen molar-refractivity contribution in [3.8, 4) is 0 Å². The van der Waals surface area contributed by atoms with Gasteiger partial charge < -0.3 is 9.30 Å². The first-order chi connectivity index (χ1) is 11.8. The molecule has 2 aromatic heterocycles. The summed E-state index contributed by atoms with van der Waals surface area (Å²) in [5.41, 5.74) is 0.423. The van der Waals surface area contributed by atoms with Gasteiger partial charge in [0.25, 0.3) is 15.6 Å². The number of ether oxygens (including phenoxy) is 1. The van der Waals surface area contributed by atoms with Crippen molar-refractivity contribution < 1.29 is 17.9 Å². The van der Waals surface area contributed by atoms with Crippen molar-refractivity contribution >= 4 is 26.9 Å². The van der Waals surface area contributed by atoms with Crippen LogP contribution in [0.25, 0.3) is 10.9 Å². The number of pyridine rings is 1. The molecule has 0 aliphatic heterocycles. The molecule has 0 amide bonds. The van der Waals surface area contributed by atoms with Gasteiger partial charge >= 0.3 is 5.97 Å². The molecule has 1 aromatic carbocycles. The molecule has 0 radical (unpaired) electrons. The summed E-state index contributed by atoms with van der Waals surface area (Å²) in [5, 5.41) is 0.227. The number of methoxy groups -OCH3 is 1. The molecule has 3 rings (SSSR count). The highest BCUT2D eigenvalue weighted by Crippen LogP contribution is 2.23. The minimum absolute atomic E-state index is 0.0566. The summed E-state index contributed by atoms with van der Waals surface area (Å²) in [7, 11) is -1.31. The molecule has 2 heterocycles. The first-order valence-electron chi connectivity index (χ1n) is 7.38. The van der Waals surface area contributed by atoms with Crippen molar-refractivity contribution in [1.29, 1.82) is 0 Å². The Morgan fingerprint density at radius 2 is 1.76 bits per heavy atom. The number of fused-ring (bicyclic) bond motifs is 1. The zero-order chi connectivity index (χ0) is 18.4. The molecule has 0 atom stereocenters. The van der Waals surface area contributed by atoms with Crippen LogP contribution in [0.3, 0.4) is 0 Å². The average Bonchev–Trinajstić information content (AvgIpc) is 3.04. The van der Waals surface area contributed by atoms with Crippen LogP contribution in [0.2, 0.25) is 0 Å². The van der Waals surface area contributed by atoms with Crippen LogP contribution in [0.1, 0.15) is 15.9 Å². The number of hydrogen-bond acceptors (Lipinski definition) is 5. The molecule has 130 valence electrons. The van der Waals surface area contributed by atoms with Gasteiger partial charge in [0.15, 0.2) is 0 Å². The van der Waals surface area contributed by atoms with E-state index in [1.54, 1.807) is 12.1 Å². The number of aromatic nitrogens is 2. The lowest BCUT2D eigenvalue weighted by Gasteiger charge is -2.10. The lowest BCUT2D eigenvalue weighted by Crippen LogP contribution is -2.23. The summed E-state index contributed by atoms with van der Waals surface area (Å²) in [5.74, 6) is -0.647. The van der Waals surface area contributed by atoms with Gasteiger partial charge in [-0.1, -0.05) is 17.7 Å². The number of benzene rings is 1. The molecule has 25 heavy (non-hydrogen) atoms. The number of hydrogen-bond donors (Lipinski definition) is 0. The standard InChI is InChI=1S/C17H16N2O5S/c1-11-4-6-12(7-5-11)25(22,23)19-9-8-13-14(17(21)24-3)10-18(2)16(20)15(13)19/h4-10H,1-3H3. The molecular weight excluding hydrogens is 344 g/mol. The molecule has 0 unspecified atom stereocenters. The van der Waals surface area contributed by atoms with Gasteiger partial charge in [0.05, 0.1) is 17.6 Å². The van der Waals surface area contributed by atoms with Crippen molar-refractivity contribution in [3.05, 3.63) is 64.2 Å². The summed E-state index contributed by atoms with van der Waals surface area (Å²) < 4.78 is 32.7. The fourth-order valence-electron chi connectivity index (χ4n) is 2.63.